The first-order valence-electron chi connectivity index (χ1n) is 6.04. The molecule has 4 nitrogen and oxygen atoms in total. The molecule has 1 aromatic carbocycles. The van der Waals surface area contributed by atoms with Gasteiger partial charge in [-0.25, -0.2) is 0 Å². The first-order chi connectivity index (χ1) is 8.93. The van der Waals surface area contributed by atoms with E-state index in [1.54, 1.807) is 0 Å². The number of carbonyl (C=O) groups is 1. The summed E-state index contributed by atoms with van der Waals surface area (Å²) in [5.74, 6) is -0.540. The van der Waals surface area contributed by atoms with E-state index in [-0.39, 0.29) is 0 Å². The predicted molar refractivity (Wildman–Crippen MR) is 75.3 cm³/mol. The summed E-state index contributed by atoms with van der Waals surface area (Å²) < 4.78 is 0. The van der Waals surface area contributed by atoms with E-state index in [1.807, 2.05) is 6.92 Å². The van der Waals surface area contributed by atoms with Crippen LogP contribution in [0.1, 0.15) is 31.4 Å². The van der Waals surface area contributed by atoms with E-state index in [2.05, 4.69) is 5.32 Å². The summed E-state index contributed by atoms with van der Waals surface area (Å²) in [7, 11) is 0. The molecule has 1 amide bonds. The zero-order chi connectivity index (χ0) is 14.4. The Kier molecular flexibility index (Phi) is 6.58. The second kappa shape index (κ2) is 7.70. The monoisotopic (exact) mass is 305 g/mol. The van der Waals surface area contributed by atoms with Crippen molar-refractivity contribution in [1.82, 2.24) is 5.32 Å². The van der Waals surface area contributed by atoms with E-state index >= 15 is 0 Å². The van der Waals surface area contributed by atoms with Crippen LogP contribution in [0.5, 0.6) is 0 Å². The Labute approximate surface area is 122 Å². The highest BCUT2D eigenvalue weighted by atomic mass is 35.5. The van der Waals surface area contributed by atoms with E-state index in [1.165, 1.54) is 18.2 Å². The van der Waals surface area contributed by atoms with Crippen LogP contribution in [-0.2, 0) is 4.79 Å². The van der Waals surface area contributed by atoms with Gasteiger partial charge < -0.3 is 15.5 Å². The largest absolute Gasteiger partial charge is 0.393 e. The Hall–Kier alpha value is -0.810. The van der Waals surface area contributed by atoms with E-state index in [4.69, 9.17) is 23.2 Å². The number of halogens is 2. The maximum absolute atomic E-state index is 11.7. The van der Waals surface area contributed by atoms with Gasteiger partial charge >= 0.3 is 0 Å². The van der Waals surface area contributed by atoms with Gasteiger partial charge in [-0.1, -0.05) is 30.1 Å². The van der Waals surface area contributed by atoms with Crippen LogP contribution in [-0.4, -0.2) is 28.8 Å². The van der Waals surface area contributed by atoms with Crippen molar-refractivity contribution in [3.05, 3.63) is 33.8 Å². The van der Waals surface area contributed by atoms with Crippen molar-refractivity contribution in [2.45, 2.75) is 32.0 Å². The van der Waals surface area contributed by atoms with Crippen molar-refractivity contribution in [2.75, 3.05) is 6.54 Å². The summed E-state index contributed by atoms with van der Waals surface area (Å²) in [5.41, 5.74) is 0.339. The first-order valence-corrected chi connectivity index (χ1v) is 6.79. The summed E-state index contributed by atoms with van der Waals surface area (Å²) >= 11 is 11.6. The van der Waals surface area contributed by atoms with Crippen molar-refractivity contribution < 1.29 is 15.0 Å². The van der Waals surface area contributed by atoms with Crippen LogP contribution < -0.4 is 5.32 Å². The summed E-state index contributed by atoms with van der Waals surface area (Å²) in [6.07, 6.45) is -0.693. The van der Waals surface area contributed by atoms with E-state index in [0.29, 0.717) is 35.0 Å². The van der Waals surface area contributed by atoms with Gasteiger partial charge in [-0.15, -0.1) is 0 Å². The molecular weight excluding hydrogens is 289 g/mol. The summed E-state index contributed by atoms with van der Waals surface area (Å²) in [4.78, 5) is 11.7. The third-order valence-corrected chi connectivity index (χ3v) is 3.13. The number of hydrogen-bond donors (Lipinski definition) is 3. The molecule has 0 saturated heterocycles. The standard InChI is InChI=1S/C13H17Cl2NO3/c1-2-11(17)3-4-16-13(19)12(18)8-5-9(14)7-10(15)6-8/h5-7,11-12,17-18H,2-4H2,1H3,(H,16,19). The molecule has 19 heavy (non-hydrogen) atoms. The molecule has 6 heteroatoms. The normalized spacial score (nSPS) is 13.9. The van der Waals surface area contributed by atoms with Gasteiger partial charge in [0, 0.05) is 16.6 Å². The highest BCUT2D eigenvalue weighted by Crippen LogP contribution is 2.23. The summed E-state index contributed by atoms with van der Waals surface area (Å²) in [6.45, 7) is 2.16. The minimum Gasteiger partial charge on any atom is -0.393 e. The molecule has 2 atom stereocenters. The number of aliphatic hydroxyl groups excluding tert-OH is 2. The van der Waals surface area contributed by atoms with E-state index in [9.17, 15) is 15.0 Å². The molecule has 0 bridgehead atoms. The van der Waals surface area contributed by atoms with Gasteiger partial charge in [-0.05, 0) is 36.6 Å². The van der Waals surface area contributed by atoms with E-state index < -0.39 is 18.1 Å². The average molecular weight is 306 g/mol. The van der Waals surface area contributed by atoms with Crippen LogP contribution in [0.15, 0.2) is 18.2 Å². The number of nitrogens with one attached hydrogen (secondary N) is 1. The fraction of sp³-hybridized carbons (Fsp3) is 0.462. The Morgan fingerprint density at radius 3 is 2.37 bits per heavy atom. The van der Waals surface area contributed by atoms with Crippen molar-refractivity contribution in [3.63, 3.8) is 0 Å². The fourth-order valence-electron chi connectivity index (χ4n) is 1.55. The predicted octanol–water partition coefficient (Wildman–Crippen LogP) is 2.30. The molecule has 1 aromatic rings. The van der Waals surface area contributed by atoms with Gasteiger partial charge in [0.1, 0.15) is 0 Å². The SMILES string of the molecule is CCC(O)CCNC(=O)C(O)c1cc(Cl)cc(Cl)c1. The topological polar surface area (TPSA) is 69.6 Å². The Balaban J connectivity index is 2.56. The van der Waals surface area contributed by atoms with Crippen molar-refractivity contribution in [1.29, 1.82) is 0 Å². The molecule has 0 aliphatic rings. The number of hydrogen-bond acceptors (Lipinski definition) is 3. The number of aliphatic hydroxyl groups is 2. The highest BCUT2D eigenvalue weighted by molar-refractivity contribution is 6.34. The second-order valence-electron chi connectivity index (χ2n) is 4.25. The molecule has 0 radical (unpaired) electrons. The smallest absolute Gasteiger partial charge is 0.253 e. The van der Waals surface area contributed by atoms with Gasteiger partial charge in [0.25, 0.3) is 5.91 Å². The Morgan fingerprint density at radius 1 is 1.26 bits per heavy atom. The highest BCUT2D eigenvalue weighted by Gasteiger charge is 2.18. The quantitative estimate of drug-likeness (QED) is 0.755. The van der Waals surface area contributed by atoms with Crippen LogP contribution in [0.4, 0.5) is 0 Å². The molecule has 106 valence electrons. The van der Waals surface area contributed by atoms with Gasteiger partial charge in [0.15, 0.2) is 6.10 Å². The van der Waals surface area contributed by atoms with Gasteiger partial charge in [-0.2, -0.15) is 0 Å². The molecule has 0 heterocycles. The fourth-order valence-corrected chi connectivity index (χ4v) is 2.09. The summed E-state index contributed by atoms with van der Waals surface area (Å²) in [5, 5.41) is 22.5. The van der Waals surface area contributed by atoms with Crippen LogP contribution in [0.3, 0.4) is 0 Å². The van der Waals surface area contributed by atoms with Crippen LogP contribution in [0.2, 0.25) is 10.0 Å². The number of rotatable bonds is 6. The van der Waals surface area contributed by atoms with Gasteiger partial charge in [0.2, 0.25) is 0 Å². The first kappa shape index (κ1) is 16.2. The molecule has 0 spiro atoms. The lowest BCUT2D eigenvalue weighted by Gasteiger charge is -2.13. The molecule has 0 saturated carbocycles. The zero-order valence-electron chi connectivity index (χ0n) is 10.6. The lowest BCUT2D eigenvalue weighted by molar-refractivity contribution is -0.129. The van der Waals surface area contributed by atoms with Crippen LogP contribution in [0.25, 0.3) is 0 Å². The minimum absolute atomic E-state index is 0.305. The molecule has 0 aromatic heterocycles. The molecule has 0 aliphatic heterocycles. The lowest BCUT2D eigenvalue weighted by Crippen LogP contribution is -2.31. The third-order valence-electron chi connectivity index (χ3n) is 2.70. The van der Waals surface area contributed by atoms with Gasteiger partial charge in [0.05, 0.1) is 6.10 Å². The van der Waals surface area contributed by atoms with Crippen molar-refractivity contribution in [2.24, 2.45) is 0 Å². The Bertz CT molecular complexity index is 420. The minimum atomic E-state index is -1.32. The van der Waals surface area contributed by atoms with Crippen molar-refractivity contribution >= 4 is 29.1 Å². The molecule has 2 unspecified atom stereocenters. The third kappa shape index (κ3) is 5.37. The average Bonchev–Trinajstić information content (AvgIpc) is 2.36. The molecule has 3 N–H and O–H groups in total. The molecule has 0 aliphatic carbocycles. The lowest BCUT2D eigenvalue weighted by atomic mass is 10.1. The Morgan fingerprint density at radius 2 is 1.84 bits per heavy atom. The number of carbonyl (C=O) groups excluding carboxylic acids is 1. The second-order valence-corrected chi connectivity index (χ2v) is 5.12. The summed E-state index contributed by atoms with van der Waals surface area (Å²) in [6, 6.07) is 4.49. The van der Waals surface area contributed by atoms with Crippen LogP contribution >= 0.6 is 23.2 Å². The number of benzene rings is 1. The molecular formula is C13H17Cl2NO3. The van der Waals surface area contributed by atoms with E-state index in [0.717, 1.165) is 0 Å². The number of amides is 1. The van der Waals surface area contributed by atoms with Crippen LogP contribution in [0, 0.1) is 0 Å². The molecule has 0 fully saturated rings. The molecule has 1 rings (SSSR count). The van der Waals surface area contributed by atoms with Crippen molar-refractivity contribution in [3.8, 4) is 0 Å². The zero-order valence-corrected chi connectivity index (χ0v) is 12.1. The maximum Gasteiger partial charge on any atom is 0.253 e. The maximum atomic E-state index is 11.7. The van der Waals surface area contributed by atoms with Gasteiger partial charge in [-0.3, -0.25) is 4.79 Å².